The van der Waals surface area contributed by atoms with E-state index in [1.807, 2.05) is 45.2 Å². The summed E-state index contributed by atoms with van der Waals surface area (Å²) in [4.78, 5) is 72.8. The number of aliphatic carboxylic acids is 4. The Hall–Kier alpha value is -0.565. The Labute approximate surface area is 301 Å². The Kier molecular flexibility index (Phi) is 19.3. The Morgan fingerprint density at radius 2 is 1.00 bits per heavy atom. The predicted octanol–water partition coefficient (Wildman–Crippen LogP) is 0.382. The molecule has 0 saturated heterocycles. The van der Waals surface area contributed by atoms with Gasteiger partial charge in [0.1, 0.15) is 0 Å². The van der Waals surface area contributed by atoms with Gasteiger partial charge in [-0.3, -0.25) is 38.7 Å². The Bertz CT molecular complexity index is 1110. The number of carboxylic acid groups (broad SMARTS) is 5. The van der Waals surface area contributed by atoms with Crippen LogP contribution < -0.4 is 5.32 Å². The van der Waals surface area contributed by atoms with Crippen LogP contribution >= 0.6 is 67.8 Å². The summed E-state index contributed by atoms with van der Waals surface area (Å²) >= 11 is 5.62. The molecule has 221 valence electrons. The van der Waals surface area contributed by atoms with Crippen molar-refractivity contribution in [1.29, 1.82) is 0 Å². The van der Waals surface area contributed by atoms with E-state index in [2.05, 4.69) is 5.32 Å². The molecule has 15 nitrogen and oxygen atoms in total. The molecule has 0 aliphatic heterocycles. The maximum atomic E-state index is 12.8. The zero-order chi connectivity index (χ0) is 29.9. The fourth-order valence-electron chi connectivity index (χ4n) is 3.31. The first-order valence-electron chi connectivity index (χ1n) is 10.9. The average molecular weight is 1050 g/mol. The van der Waals surface area contributed by atoms with Gasteiger partial charge in [0.25, 0.3) is 0 Å². The van der Waals surface area contributed by atoms with E-state index in [-0.39, 0.29) is 77.4 Å². The van der Waals surface area contributed by atoms with Crippen LogP contribution in [0.3, 0.4) is 0 Å². The number of carbonyl (C=O) groups excluding carboxylic acids is 1. The fraction of sp³-hybridized carbons (Fsp3) is 0.429. The summed E-state index contributed by atoms with van der Waals surface area (Å²) in [5.74, 6) is -6.76. The molecule has 6 N–H and O–H groups in total. The largest absolute Gasteiger partial charge is 3.00 e. The van der Waals surface area contributed by atoms with E-state index in [4.69, 9.17) is 10.2 Å². The number of carbonyl (C=O) groups is 6. The van der Waals surface area contributed by atoms with Gasteiger partial charge in [0, 0.05) is 33.3 Å². The second-order valence-corrected chi connectivity index (χ2v) is 11.4. The number of carboxylic acids is 5. The van der Waals surface area contributed by atoms with Gasteiger partial charge in [0.15, 0.2) is 0 Å². The zero-order valence-electron chi connectivity index (χ0n) is 20.5. The summed E-state index contributed by atoms with van der Waals surface area (Å²) in [7, 11) is 0. The molecule has 1 aromatic carbocycles. The number of benzene rings is 1. The Morgan fingerprint density at radius 3 is 1.40 bits per heavy atom. The van der Waals surface area contributed by atoms with Gasteiger partial charge < -0.3 is 30.8 Å². The van der Waals surface area contributed by atoms with E-state index in [0.717, 1.165) is 4.90 Å². The van der Waals surface area contributed by atoms with Crippen LogP contribution in [0.5, 0.6) is 0 Å². The van der Waals surface area contributed by atoms with Crippen molar-refractivity contribution in [2.75, 3.05) is 64.2 Å². The van der Waals surface area contributed by atoms with Crippen molar-refractivity contribution in [3.8, 4) is 0 Å². The molecule has 40 heavy (non-hydrogen) atoms. The molecular weight excluding hydrogens is 1020 g/mol. The molecule has 0 saturated carbocycles. The minimum absolute atomic E-state index is 0. The van der Waals surface area contributed by atoms with Crippen molar-refractivity contribution >= 4 is 109 Å². The van der Waals surface area contributed by atoms with Gasteiger partial charge >= 0.3 is 69.8 Å². The van der Waals surface area contributed by atoms with Crippen LogP contribution in [0.25, 0.3) is 0 Å². The number of amides is 1. The van der Waals surface area contributed by atoms with Crippen LogP contribution in [0, 0.1) is 50.7 Å². The minimum atomic E-state index is -1.26. The Morgan fingerprint density at radius 1 is 0.625 bits per heavy atom. The Balaban J connectivity index is 0.0000152. The summed E-state index contributed by atoms with van der Waals surface area (Å²) in [6.45, 7) is -2.79. The van der Waals surface area contributed by atoms with Crippen molar-refractivity contribution in [3.63, 3.8) is 0 Å². The molecule has 0 aliphatic rings. The molecule has 1 radical (unpaired) electrons. The van der Waals surface area contributed by atoms with Gasteiger partial charge in [0.05, 0.1) is 47.5 Å². The molecule has 0 spiro atoms. The number of rotatable bonds is 18. The molecule has 0 bridgehead atoms. The SMILES string of the molecule is O=C(O)CN(CCN(CC(=O)O)CC(=O)O)CCN(CC(=O)O)CC(=O)Nc1c(I)cc(I)c(C(=O)O)c1I.[Gd+3]. The van der Waals surface area contributed by atoms with Crippen LogP contribution in [0.15, 0.2) is 6.07 Å². The van der Waals surface area contributed by atoms with Crippen LogP contribution in [-0.2, 0) is 24.0 Å². The van der Waals surface area contributed by atoms with E-state index in [1.165, 1.54) is 9.80 Å². The van der Waals surface area contributed by atoms with Crippen molar-refractivity contribution in [3.05, 3.63) is 22.3 Å². The van der Waals surface area contributed by atoms with Crippen LogP contribution in [-0.4, -0.2) is 135 Å². The summed E-state index contributed by atoms with van der Waals surface area (Å²) in [6.07, 6.45) is 0. The number of aromatic carboxylic acids is 1. The topological polar surface area (TPSA) is 225 Å². The predicted molar refractivity (Wildman–Crippen MR) is 160 cm³/mol. The molecule has 19 heteroatoms. The van der Waals surface area contributed by atoms with Gasteiger partial charge in [-0.25, -0.2) is 4.79 Å². The third-order valence-corrected chi connectivity index (χ3v) is 7.70. The molecule has 1 aromatic rings. The molecule has 0 atom stereocenters. The molecule has 0 heterocycles. The van der Waals surface area contributed by atoms with Gasteiger partial charge in [-0.1, -0.05) is 0 Å². The van der Waals surface area contributed by atoms with Gasteiger partial charge in [-0.05, 0) is 73.8 Å². The van der Waals surface area contributed by atoms with E-state index in [1.54, 1.807) is 28.7 Å². The first kappa shape index (κ1) is 39.4. The van der Waals surface area contributed by atoms with E-state index >= 15 is 0 Å². The summed E-state index contributed by atoms with van der Waals surface area (Å²) in [5, 5.41) is 48.6. The number of hydrogen-bond donors (Lipinski definition) is 6. The number of halogens is 3. The molecule has 1 rings (SSSR count). The zero-order valence-corrected chi connectivity index (χ0v) is 29.2. The van der Waals surface area contributed by atoms with Crippen LogP contribution in [0.2, 0.25) is 0 Å². The monoisotopic (exact) mass is 1050 g/mol. The maximum Gasteiger partial charge on any atom is 3.00 e. The van der Waals surface area contributed by atoms with E-state index in [0.29, 0.717) is 10.7 Å². The smallest absolute Gasteiger partial charge is 0.480 e. The number of anilines is 1. The first-order chi connectivity index (χ1) is 18.1. The summed E-state index contributed by atoms with van der Waals surface area (Å²) in [6, 6.07) is 1.58. The molecule has 0 aliphatic carbocycles. The molecule has 0 aromatic heterocycles. The van der Waals surface area contributed by atoms with Crippen LogP contribution in [0.1, 0.15) is 10.4 Å². The van der Waals surface area contributed by atoms with E-state index < -0.39 is 68.5 Å². The van der Waals surface area contributed by atoms with Crippen LogP contribution in [0.4, 0.5) is 5.69 Å². The maximum absolute atomic E-state index is 12.8. The first-order valence-corrected chi connectivity index (χ1v) is 14.1. The van der Waals surface area contributed by atoms with Crippen molar-refractivity contribution in [1.82, 2.24) is 14.7 Å². The molecule has 1 amide bonds. The second kappa shape index (κ2) is 19.6. The fourth-order valence-corrected chi connectivity index (χ4v) is 7.41. The number of hydrogen-bond acceptors (Lipinski definition) is 9. The summed E-state index contributed by atoms with van der Waals surface area (Å²) < 4.78 is 1.35. The third kappa shape index (κ3) is 15.1. The average Bonchev–Trinajstić information content (AvgIpc) is 2.76. The molecule has 0 fully saturated rings. The molecule has 0 unspecified atom stereocenters. The normalized spacial score (nSPS) is 10.8. The standard InChI is InChI=1S/C21H25I3N4O11.Gd/c22-11-5-12(23)20(19(24)18(11)21(38)39)25-13(29)6-27(8-15(32)33)3-1-26(7-14(30)31)2-4-28(9-16(34)35)10-17(36)37;/h5H,1-4,6-10H2,(H,25,29)(H,30,31)(H,32,33)(H,34,35)(H,36,37)(H,38,39);/q;+3. The quantitative estimate of drug-likeness (QED) is 0.110. The van der Waals surface area contributed by atoms with Crippen molar-refractivity contribution in [2.24, 2.45) is 0 Å². The second-order valence-electron chi connectivity index (χ2n) is 8.03. The van der Waals surface area contributed by atoms with E-state index in [9.17, 15) is 44.1 Å². The van der Waals surface area contributed by atoms with Gasteiger partial charge in [-0.15, -0.1) is 0 Å². The minimum Gasteiger partial charge on any atom is -0.480 e. The summed E-state index contributed by atoms with van der Waals surface area (Å²) in [5.41, 5.74) is 0.275. The van der Waals surface area contributed by atoms with Crippen molar-refractivity contribution < 1.29 is 94.2 Å². The number of nitrogens with one attached hydrogen (secondary N) is 1. The van der Waals surface area contributed by atoms with Gasteiger partial charge in [-0.2, -0.15) is 0 Å². The van der Waals surface area contributed by atoms with Crippen molar-refractivity contribution in [2.45, 2.75) is 0 Å². The van der Waals surface area contributed by atoms with Gasteiger partial charge in [0.2, 0.25) is 5.91 Å². The molecular formula is C21H25GdI3N4O11+3. The third-order valence-electron chi connectivity index (χ3n) is 4.92. The number of nitrogens with zero attached hydrogens (tertiary/aromatic N) is 3.